The van der Waals surface area contributed by atoms with Crippen LogP contribution in [0.2, 0.25) is 0 Å². The lowest BCUT2D eigenvalue weighted by molar-refractivity contribution is -0.119. The van der Waals surface area contributed by atoms with E-state index in [0.717, 1.165) is 17.8 Å². The molecule has 0 aromatic heterocycles. The summed E-state index contributed by atoms with van der Waals surface area (Å²) in [6.45, 7) is 5.61. The third-order valence-corrected chi connectivity index (χ3v) is 3.32. The second kappa shape index (κ2) is 7.08. The van der Waals surface area contributed by atoms with Crippen LogP contribution in [0.1, 0.15) is 19.4 Å². The molecule has 1 aromatic rings. The molecule has 0 bridgehead atoms. The molecule has 2 amide bonds. The van der Waals surface area contributed by atoms with Crippen LogP contribution in [-0.4, -0.2) is 37.7 Å². The van der Waals surface area contributed by atoms with E-state index in [1.165, 1.54) is 0 Å². The van der Waals surface area contributed by atoms with E-state index in [4.69, 9.17) is 4.74 Å². The van der Waals surface area contributed by atoms with E-state index >= 15 is 0 Å². The highest BCUT2D eigenvalue weighted by Gasteiger charge is 2.21. The molecular weight excluding hydrogens is 270 g/mol. The Hall–Kier alpha value is -2.08. The first-order chi connectivity index (χ1) is 10.1. The molecule has 1 aliphatic rings. The molecule has 1 heterocycles. The number of anilines is 1. The number of alkyl carbamates (subject to hydrolysis) is 1. The molecule has 0 saturated carbocycles. The molecule has 0 aliphatic carbocycles. The number of amides is 2. The summed E-state index contributed by atoms with van der Waals surface area (Å²) in [6, 6.07) is 8.22. The Kier molecular flexibility index (Phi) is 5.16. The normalized spacial score (nSPS) is 17.6. The van der Waals surface area contributed by atoms with Crippen LogP contribution in [0.15, 0.2) is 24.3 Å². The predicted molar refractivity (Wildman–Crippen MR) is 80.1 cm³/mol. The van der Waals surface area contributed by atoms with Gasteiger partial charge in [-0.1, -0.05) is 18.2 Å². The molecule has 21 heavy (non-hydrogen) atoms. The summed E-state index contributed by atoms with van der Waals surface area (Å²) in [5.41, 5.74) is 2.17. The first-order valence-electron chi connectivity index (χ1n) is 7.13. The molecule has 6 heteroatoms. The van der Waals surface area contributed by atoms with Gasteiger partial charge in [-0.25, -0.2) is 4.79 Å². The lowest BCUT2D eigenvalue weighted by Gasteiger charge is -2.25. The van der Waals surface area contributed by atoms with Crippen molar-refractivity contribution in [3.8, 4) is 0 Å². The van der Waals surface area contributed by atoms with E-state index < -0.39 is 6.09 Å². The van der Waals surface area contributed by atoms with Gasteiger partial charge in [-0.3, -0.25) is 10.1 Å². The number of hydrogen-bond donors (Lipinski definition) is 2. The van der Waals surface area contributed by atoms with Gasteiger partial charge in [0.1, 0.15) is 0 Å². The monoisotopic (exact) mass is 291 g/mol. The van der Waals surface area contributed by atoms with Gasteiger partial charge in [-0.15, -0.1) is 0 Å². The molecule has 0 radical (unpaired) electrons. The van der Waals surface area contributed by atoms with Crippen molar-refractivity contribution in [3.05, 3.63) is 29.8 Å². The highest BCUT2D eigenvalue weighted by atomic mass is 16.5. The molecular formula is C15H21N3O3. The van der Waals surface area contributed by atoms with Crippen LogP contribution in [0.25, 0.3) is 0 Å². The maximum Gasteiger partial charge on any atom is 0.413 e. The number of benzene rings is 1. The lowest BCUT2D eigenvalue weighted by atomic mass is 10.1. The summed E-state index contributed by atoms with van der Waals surface area (Å²) in [7, 11) is 0. The van der Waals surface area contributed by atoms with Crippen LogP contribution >= 0.6 is 0 Å². The summed E-state index contributed by atoms with van der Waals surface area (Å²) >= 11 is 0. The van der Waals surface area contributed by atoms with Crippen molar-refractivity contribution in [1.82, 2.24) is 10.6 Å². The van der Waals surface area contributed by atoms with E-state index in [0.29, 0.717) is 6.54 Å². The number of nitrogens with zero attached hydrogens (tertiary/aromatic N) is 1. The van der Waals surface area contributed by atoms with Crippen molar-refractivity contribution < 1.29 is 14.3 Å². The molecule has 0 spiro atoms. The number of fused-ring (bicyclic) bond motifs is 1. The zero-order chi connectivity index (χ0) is 15.2. The first kappa shape index (κ1) is 15.3. The zero-order valence-electron chi connectivity index (χ0n) is 12.4. The standard InChI is InChI=1S/C15H21N3O3/c1-3-21-15(20)17-14(19)10-18-9-11(2)16-8-12-6-4-5-7-13(12)18/h4-7,11,16H,3,8-10H2,1-2H3,(H,17,19,20). The van der Waals surface area contributed by atoms with E-state index in [-0.39, 0.29) is 25.1 Å². The van der Waals surface area contributed by atoms with Crippen LogP contribution in [0.4, 0.5) is 10.5 Å². The largest absolute Gasteiger partial charge is 0.450 e. The van der Waals surface area contributed by atoms with E-state index in [2.05, 4.69) is 17.6 Å². The summed E-state index contributed by atoms with van der Waals surface area (Å²) in [4.78, 5) is 25.2. The average Bonchev–Trinajstić information content (AvgIpc) is 2.59. The molecule has 6 nitrogen and oxygen atoms in total. The maximum absolute atomic E-state index is 12.0. The van der Waals surface area contributed by atoms with Gasteiger partial charge in [0, 0.05) is 24.8 Å². The number of carbonyl (C=O) groups is 2. The van der Waals surface area contributed by atoms with E-state index in [1.807, 2.05) is 29.2 Å². The molecule has 1 atom stereocenters. The first-order valence-corrected chi connectivity index (χ1v) is 7.13. The number of nitrogens with one attached hydrogen (secondary N) is 2. The van der Waals surface area contributed by atoms with Crippen LogP contribution in [0, 0.1) is 0 Å². The molecule has 0 fully saturated rings. The molecule has 0 saturated heterocycles. The van der Waals surface area contributed by atoms with Crippen LogP contribution in [0.5, 0.6) is 0 Å². The smallest absolute Gasteiger partial charge is 0.413 e. The summed E-state index contributed by atoms with van der Waals surface area (Å²) in [6.07, 6.45) is -0.697. The second-order valence-corrected chi connectivity index (χ2v) is 5.06. The second-order valence-electron chi connectivity index (χ2n) is 5.06. The molecule has 1 unspecified atom stereocenters. The lowest BCUT2D eigenvalue weighted by Crippen LogP contribution is -2.43. The van der Waals surface area contributed by atoms with Gasteiger partial charge in [0.2, 0.25) is 5.91 Å². The summed E-state index contributed by atoms with van der Waals surface area (Å²) in [5, 5.41) is 5.63. The van der Waals surface area contributed by atoms with Crippen molar-refractivity contribution in [2.24, 2.45) is 0 Å². The van der Waals surface area contributed by atoms with Crippen LogP contribution in [-0.2, 0) is 16.1 Å². The molecule has 2 N–H and O–H groups in total. The minimum absolute atomic E-state index is 0.127. The molecule has 2 rings (SSSR count). The van der Waals surface area contributed by atoms with Gasteiger partial charge >= 0.3 is 6.09 Å². The predicted octanol–water partition coefficient (Wildman–Crippen LogP) is 1.26. The molecule has 1 aromatic carbocycles. The Morgan fingerprint density at radius 2 is 2.19 bits per heavy atom. The zero-order valence-corrected chi connectivity index (χ0v) is 12.4. The number of hydrogen-bond acceptors (Lipinski definition) is 5. The van der Waals surface area contributed by atoms with Gasteiger partial charge in [-0.2, -0.15) is 0 Å². The minimum atomic E-state index is -0.697. The molecule has 1 aliphatic heterocycles. The third kappa shape index (κ3) is 4.19. The van der Waals surface area contributed by atoms with Gasteiger partial charge in [0.05, 0.1) is 13.2 Å². The number of rotatable bonds is 3. The fourth-order valence-electron chi connectivity index (χ4n) is 2.39. The Labute approximate surface area is 124 Å². The number of carbonyl (C=O) groups excluding carboxylic acids is 2. The topological polar surface area (TPSA) is 70.7 Å². The SMILES string of the molecule is CCOC(=O)NC(=O)CN1CC(C)NCc2ccccc21. The highest BCUT2D eigenvalue weighted by Crippen LogP contribution is 2.22. The van der Waals surface area contributed by atoms with Gasteiger partial charge in [0.15, 0.2) is 0 Å². The van der Waals surface area contributed by atoms with Crippen molar-refractivity contribution in [3.63, 3.8) is 0 Å². The Bertz CT molecular complexity index is 519. The van der Waals surface area contributed by atoms with E-state index in [9.17, 15) is 9.59 Å². The van der Waals surface area contributed by atoms with Crippen molar-refractivity contribution in [2.75, 3.05) is 24.6 Å². The number of ether oxygens (including phenoxy) is 1. The van der Waals surface area contributed by atoms with Gasteiger partial charge in [0.25, 0.3) is 0 Å². The average molecular weight is 291 g/mol. The minimum Gasteiger partial charge on any atom is -0.450 e. The Morgan fingerprint density at radius 1 is 1.43 bits per heavy atom. The Balaban J connectivity index is 2.07. The summed E-state index contributed by atoms with van der Waals surface area (Å²) < 4.78 is 4.72. The van der Waals surface area contributed by atoms with Crippen molar-refractivity contribution >= 4 is 17.7 Å². The van der Waals surface area contributed by atoms with Gasteiger partial charge in [-0.05, 0) is 25.5 Å². The van der Waals surface area contributed by atoms with Crippen LogP contribution < -0.4 is 15.5 Å². The summed E-state index contributed by atoms with van der Waals surface area (Å²) in [5.74, 6) is -0.364. The number of para-hydroxylation sites is 1. The fraction of sp³-hybridized carbons (Fsp3) is 0.467. The quantitative estimate of drug-likeness (QED) is 0.877. The third-order valence-electron chi connectivity index (χ3n) is 3.32. The van der Waals surface area contributed by atoms with E-state index in [1.54, 1.807) is 6.92 Å². The fourth-order valence-corrected chi connectivity index (χ4v) is 2.39. The van der Waals surface area contributed by atoms with Gasteiger partial charge < -0.3 is 15.0 Å². The maximum atomic E-state index is 12.0. The highest BCUT2D eigenvalue weighted by molar-refractivity contribution is 5.94. The van der Waals surface area contributed by atoms with Crippen molar-refractivity contribution in [2.45, 2.75) is 26.4 Å². The number of imide groups is 1. The van der Waals surface area contributed by atoms with Crippen molar-refractivity contribution in [1.29, 1.82) is 0 Å². The molecule has 114 valence electrons. The Morgan fingerprint density at radius 3 is 2.95 bits per heavy atom. The van der Waals surface area contributed by atoms with Crippen LogP contribution in [0.3, 0.4) is 0 Å².